The lowest BCUT2D eigenvalue weighted by molar-refractivity contribution is 0.794. The molecule has 0 amide bonds. The second kappa shape index (κ2) is 12.5. The van der Waals surface area contributed by atoms with Gasteiger partial charge in [-0.3, -0.25) is 0 Å². The Bertz CT molecular complexity index is 3180. The fourth-order valence-corrected chi connectivity index (χ4v) is 11.2. The fourth-order valence-electron chi connectivity index (χ4n) is 9.92. The summed E-state index contributed by atoms with van der Waals surface area (Å²) in [5, 5.41) is 2.67. The summed E-state index contributed by atoms with van der Waals surface area (Å²) in [6.45, 7) is 0. The van der Waals surface area contributed by atoms with Crippen LogP contribution in [0.1, 0.15) is 22.3 Å². The lowest BCUT2D eigenvalue weighted by Crippen LogP contribution is -2.26. The average Bonchev–Trinajstić information content (AvgIpc) is 3.91. The molecule has 1 atom stereocenters. The Labute approximate surface area is 336 Å². The summed E-state index contributed by atoms with van der Waals surface area (Å²) in [7, 11) is 0. The highest BCUT2D eigenvalue weighted by atomic mass is 32.1. The Morgan fingerprint density at radius 3 is 1.72 bits per heavy atom. The molecular weight excluding hydrogens is 707 g/mol. The first kappa shape index (κ1) is 32.3. The van der Waals surface area contributed by atoms with Crippen molar-refractivity contribution in [3.05, 3.63) is 235 Å². The zero-order valence-electron chi connectivity index (χ0n) is 31.1. The Morgan fingerprint density at radius 2 is 0.930 bits per heavy atom. The summed E-state index contributed by atoms with van der Waals surface area (Å²) in [5.74, 6) is 0. The number of benzene rings is 9. The monoisotopic (exact) mass is 741 g/mol. The molecule has 1 unspecified atom stereocenters. The minimum absolute atomic E-state index is 0.472. The molecule has 9 aromatic carbocycles. The molecule has 0 fully saturated rings. The van der Waals surface area contributed by atoms with Crippen molar-refractivity contribution in [2.24, 2.45) is 0 Å². The summed E-state index contributed by atoms with van der Waals surface area (Å²) in [4.78, 5) is 2.46. The first-order valence-electron chi connectivity index (χ1n) is 19.7. The number of fused-ring (bicyclic) bond motifs is 14. The third-order valence-corrected chi connectivity index (χ3v) is 13.5. The molecule has 10 aromatic rings. The zero-order valence-corrected chi connectivity index (χ0v) is 31.9. The van der Waals surface area contributed by atoms with Crippen molar-refractivity contribution in [1.82, 2.24) is 0 Å². The molecule has 0 saturated heterocycles. The van der Waals surface area contributed by atoms with Gasteiger partial charge in [0.25, 0.3) is 0 Å². The lowest BCUT2D eigenvalue weighted by atomic mass is 9.70. The van der Waals surface area contributed by atoms with Crippen LogP contribution in [0.25, 0.3) is 64.7 Å². The van der Waals surface area contributed by atoms with E-state index in [0.717, 1.165) is 17.1 Å². The fraction of sp³-hybridized carbons (Fsp3) is 0.0182. The van der Waals surface area contributed by atoms with Crippen molar-refractivity contribution in [3.8, 4) is 44.5 Å². The van der Waals surface area contributed by atoms with Crippen LogP contribution in [0.3, 0.4) is 0 Å². The molecule has 57 heavy (non-hydrogen) atoms. The van der Waals surface area contributed by atoms with Crippen LogP contribution in [0.2, 0.25) is 0 Å². The zero-order chi connectivity index (χ0) is 37.5. The first-order valence-corrected chi connectivity index (χ1v) is 20.5. The third-order valence-electron chi connectivity index (χ3n) is 12.3. The molecular formula is C55H35NS. The lowest BCUT2D eigenvalue weighted by Gasteiger charge is -2.32. The van der Waals surface area contributed by atoms with E-state index in [1.807, 2.05) is 11.3 Å². The van der Waals surface area contributed by atoms with Gasteiger partial charge in [0.15, 0.2) is 0 Å². The second-order valence-corrected chi connectivity index (χ2v) is 16.2. The number of nitrogens with zero attached hydrogens (tertiary/aromatic N) is 1. The SMILES string of the molecule is c1ccc(-c2ccc(N(c3ccc4c(c3)C3(c5ccccc5-4)c4ccccc4-c4c3ccc3c4sc4ccccc43)c3ccccc3-c3ccccc3)cc2)cc1. The number of hydrogen-bond acceptors (Lipinski definition) is 2. The van der Waals surface area contributed by atoms with Crippen LogP contribution >= 0.6 is 11.3 Å². The number of rotatable bonds is 5. The molecule has 1 heterocycles. The Kier molecular flexibility index (Phi) is 7.08. The van der Waals surface area contributed by atoms with Crippen molar-refractivity contribution in [3.63, 3.8) is 0 Å². The van der Waals surface area contributed by atoms with Crippen molar-refractivity contribution in [2.45, 2.75) is 5.41 Å². The van der Waals surface area contributed by atoms with Crippen LogP contribution in [-0.2, 0) is 5.41 Å². The molecule has 266 valence electrons. The molecule has 2 heteroatoms. The Morgan fingerprint density at radius 1 is 0.351 bits per heavy atom. The highest BCUT2D eigenvalue weighted by Gasteiger charge is 2.52. The first-order chi connectivity index (χ1) is 28.3. The van der Waals surface area contributed by atoms with Gasteiger partial charge in [0.1, 0.15) is 0 Å². The third kappa shape index (κ3) is 4.62. The van der Waals surface area contributed by atoms with Crippen molar-refractivity contribution < 1.29 is 0 Å². The van der Waals surface area contributed by atoms with E-state index < -0.39 is 5.41 Å². The van der Waals surface area contributed by atoms with Crippen molar-refractivity contribution in [1.29, 1.82) is 0 Å². The highest BCUT2D eigenvalue weighted by Crippen LogP contribution is 2.65. The van der Waals surface area contributed by atoms with E-state index in [0.29, 0.717) is 0 Å². The summed E-state index contributed by atoms with van der Waals surface area (Å²) < 4.78 is 2.71. The van der Waals surface area contributed by atoms with Gasteiger partial charge in [-0.2, -0.15) is 0 Å². The standard InChI is InChI=1S/C55H35NS/c1-3-15-36(16-4-1)37-27-29-39(30-28-37)56(51-25-13-9-19-41(51)38-17-5-2-6-18-38)40-31-32-43-42-20-7-11-23-47(42)55(50(43)35-40)48-24-12-8-22-46(48)53-49(55)34-33-45-44-21-10-14-26-52(44)57-54(45)53/h1-35H. The summed E-state index contributed by atoms with van der Waals surface area (Å²) in [6, 6.07) is 78.6. The Balaban J connectivity index is 1.13. The van der Waals surface area contributed by atoms with E-state index in [-0.39, 0.29) is 0 Å². The molecule has 0 bridgehead atoms. The smallest absolute Gasteiger partial charge is 0.0726 e. The normalized spacial score (nSPS) is 14.7. The quantitative estimate of drug-likeness (QED) is 0.170. The van der Waals surface area contributed by atoms with Crippen molar-refractivity contribution >= 4 is 48.6 Å². The van der Waals surface area contributed by atoms with Gasteiger partial charge in [0, 0.05) is 42.7 Å². The molecule has 12 rings (SSSR count). The molecule has 0 aliphatic heterocycles. The van der Waals surface area contributed by atoms with Gasteiger partial charge in [-0.05, 0) is 92.0 Å². The molecule has 0 N–H and O–H groups in total. The van der Waals surface area contributed by atoms with E-state index in [1.165, 1.54) is 86.9 Å². The highest BCUT2D eigenvalue weighted by molar-refractivity contribution is 7.26. The van der Waals surface area contributed by atoms with E-state index in [1.54, 1.807) is 0 Å². The summed E-state index contributed by atoms with van der Waals surface area (Å²) in [6.07, 6.45) is 0. The number of para-hydroxylation sites is 1. The van der Waals surface area contributed by atoms with E-state index in [2.05, 4.69) is 217 Å². The maximum absolute atomic E-state index is 2.50. The van der Waals surface area contributed by atoms with Gasteiger partial charge in [-0.15, -0.1) is 11.3 Å². The molecule has 0 radical (unpaired) electrons. The molecule has 1 spiro atoms. The van der Waals surface area contributed by atoms with E-state index in [4.69, 9.17) is 0 Å². The van der Waals surface area contributed by atoms with Gasteiger partial charge in [-0.25, -0.2) is 0 Å². The van der Waals surface area contributed by atoms with E-state index in [9.17, 15) is 0 Å². The summed E-state index contributed by atoms with van der Waals surface area (Å²) >= 11 is 1.93. The number of hydrogen-bond donors (Lipinski definition) is 0. The predicted molar refractivity (Wildman–Crippen MR) is 241 cm³/mol. The van der Waals surface area contributed by atoms with Crippen LogP contribution < -0.4 is 4.90 Å². The van der Waals surface area contributed by atoms with Crippen LogP contribution in [-0.4, -0.2) is 0 Å². The topological polar surface area (TPSA) is 3.24 Å². The van der Waals surface area contributed by atoms with Gasteiger partial charge in [0.05, 0.1) is 11.1 Å². The molecule has 0 saturated carbocycles. The molecule has 2 aliphatic rings. The minimum atomic E-state index is -0.472. The average molecular weight is 742 g/mol. The number of anilines is 3. The van der Waals surface area contributed by atoms with E-state index >= 15 is 0 Å². The van der Waals surface area contributed by atoms with Crippen LogP contribution in [0.15, 0.2) is 212 Å². The van der Waals surface area contributed by atoms with Gasteiger partial charge < -0.3 is 4.90 Å². The molecule has 2 aliphatic carbocycles. The van der Waals surface area contributed by atoms with Crippen LogP contribution in [0, 0.1) is 0 Å². The van der Waals surface area contributed by atoms with Crippen molar-refractivity contribution in [2.75, 3.05) is 4.90 Å². The molecule has 1 aromatic heterocycles. The van der Waals surface area contributed by atoms with Gasteiger partial charge in [-0.1, -0.05) is 176 Å². The summed E-state index contributed by atoms with van der Waals surface area (Å²) in [5.41, 5.74) is 18.4. The largest absolute Gasteiger partial charge is 0.310 e. The predicted octanol–water partition coefficient (Wildman–Crippen LogP) is 15.2. The van der Waals surface area contributed by atoms with Gasteiger partial charge >= 0.3 is 0 Å². The maximum Gasteiger partial charge on any atom is 0.0726 e. The maximum atomic E-state index is 2.50. The van der Waals surface area contributed by atoms with Gasteiger partial charge in [0.2, 0.25) is 0 Å². The van der Waals surface area contributed by atoms with Crippen LogP contribution in [0.5, 0.6) is 0 Å². The number of thiophene rings is 1. The minimum Gasteiger partial charge on any atom is -0.310 e. The van der Waals surface area contributed by atoms with Crippen LogP contribution in [0.4, 0.5) is 17.1 Å². The Hall–Kier alpha value is -7.00. The molecule has 1 nitrogen and oxygen atoms in total. The second-order valence-electron chi connectivity index (χ2n) is 15.2.